The number of anilines is 1. The number of rotatable bonds is 7. The van der Waals surface area contributed by atoms with Gasteiger partial charge in [-0.2, -0.15) is 0 Å². The van der Waals surface area contributed by atoms with Gasteiger partial charge in [0.1, 0.15) is 5.54 Å². The second-order valence-electron chi connectivity index (χ2n) is 8.24. The zero-order chi connectivity index (χ0) is 21.6. The lowest BCUT2D eigenvalue weighted by atomic mass is 9.76. The third-order valence-electron chi connectivity index (χ3n) is 6.39. The van der Waals surface area contributed by atoms with Gasteiger partial charge in [-0.15, -0.1) is 0 Å². The number of likely N-dealkylation sites (tertiary alicyclic amines) is 1. The van der Waals surface area contributed by atoms with E-state index in [9.17, 15) is 19.2 Å². The van der Waals surface area contributed by atoms with Gasteiger partial charge >= 0.3 is 0 Å². The Morgan fingerprint density at radius 1 is 1.27 bits per heavy atom. The van der Waals surface area contributed by atoms with Gasteiger partial charge in [0.2, 0.25) is 23.6 Å². The predicted molar refractivity (Wildman–Crippen MR) is 107 cm³/mol. The number of amides is 4. The van der Waals surface area contributed by atoms with Gasteiger partial charge in [-0.25, -0.2) is 0 Å². The third-order valence-corrected chi connectivity index (χ3v) is 6.39. The molecule has 4 atom stereocenters. The molecule has 0 unspecified atom stereocenters. The van der Waals surface area contributed by atoms with Crippen LogP contribution in [0, 0.1) is 18.8 Å². The Balaban J connectivity index is 1.77. The highest BCUT2D eigenvalue weighted by molar-refractivity contribution is 6.15. The van der Waals surface area contributed by atoms with Crippen molar-refractivity contribution in [2.75, 3.05) is 25.6 Å². The van der Waals surface area contributed by atoms with Gasteiger partial charge in [0.05, 0.1) is 11.8 Å². The van der Waals surface area contributed by atoms with E-state index in [1.54, 1.807) is 7.11 Å². The zero-order valence-corrected chi connectivity index (χ0v) is 17.1. The Hall–Kier alpha value is -2.78. The molecule has 30 heavy (non-hydrogen) atoms. The van der Waals surface area contributed by atoms with E-state index in [0.717, 1.165) is 5.56 Å². The number of nitrogens with one attached hydrogen (secondary N) is 2. The predicted octanol–water partition coefficient (Wildman–Crippen LogP) is 0.0174. The van der Waals surface area contributed by atoms with Crippen molar-refractivity contribution in [1.29, 1.82) is 0 Å². The smallest absolute Gasteiger partial charge is 0.250 e. The van der Waals surface area contributed by atoms with E-state index in [1.807, 2.05) is 25.1 Å². The summed E-state index contributed by atoms with van der Waals surface area (Å²) in [5, 5.41) is 6.16. The molecule has 9 nitrogen and oxygen atoms in total. The first-order chi connectivity index (χ1) is 14.3. The number of hydrogen-bond donors (Lipinski definition) is 3. The van der Waals surface area contributed by atoms with Crippen molar-refractivity contribution in [1.82, 2.24) is 10.2 Å². The summed E-state index contributed by atoms with van der Waals surface area (Å²) >= 11 is 0. The van der Waals surface area contributed by atoms with Crippen molar-refractivity contribution in [2.45, 2.75) is 37.8 Å². The van der Waals surface area contributed by atoms with Gasteiger partial charge in [-0.3, -0.25) is 29.4 Å². The monoisotopic (exact) mass is 414 g/mol. The summed E-state index contributed by atoms with van der Waals surface area (Å²) in [6, 6.07) is 5.05. The molecule has 0 aliphatic carbocycles. The third kappa shape index (κ3) is 2.92. The second kappa shape index (κ2) is 7.48. The SMILES string of the molecule is COCCCN1C(=O)[C@H]2[C@@H](C1=O)[C@@]1(N[C@@H]2CCC(N)=O)C(=O)Nc2ccc(C)cc21. The Kier molecular flexibility index (Phi) is 5.11. The molecule has 9 heteroatoms. The largest absolute Gasteiger partial charge is 0.385 e. The average molecular weight is 414 g/mol. The minimum absolute atomic E-state index is 0.0599. The molecule has 2 fully saturated rings. The van der Waals surface area contributed by atoms with Crippen molar-refractivity contribution in [3.8, 4) is 0 Å². The molecular formula is C21H26N4O5. The number of methoxy groups -OCH3 is 1. The van der Waals surface area contributed by atoms with Gasteiger partial charge in [-0.1, -0.05) is 17.7 Å². The fraction of sp³-hybridized carbons (Fsp3) is 0.524. The molecule has 2 saturated heterocycles. The number of ether oxygens (including phenoxy) is 1. The van der Waals surface area contributed by atoms with Crippen LogP contribution in [0.3, 0.4) is 0 Å². The molecule has 0 aromatic heterocycles. The summed E-state index contributed by atoms with van der Waals surface area (Å²) in [5.41, 5.74) is 6.23. The standard InChI is InChI=1S/C21H26N4O5/c1-11-4-5-13-12(10-11)21(20(29)23-13)17-16(14(24-21)6-7-15(22)26)18(27)25(19(17)28)8-3-9-30-2/h4-5,10,14,16-17,24H,3,6-9H2,1-2H3,(H2,22,26)(H,23,29)/t14-,16-,17+,21-/m1/s1. The average Bonchev–Trinajstić information content (AvgIpc) is 3.27. The maximum Gasteiger partial charge on any atom is 0.250 e. The van der Waals surface area contributed by atoms with E-state index in [0.29, 0.717) is 24.3 Å². The van der Waals surface area contributed by atoms with Crippen molar-refractivity contribution >= 4 is 29.3 Å². The van der Waals surface area contributed by atoms with E-state index in [4.69, 9.17) is 10.5 Å². The van der Waals surface area contributed by atoms with Crippen LogP contribution in [0.5, 0.6) is 0 Å². The van der Waals surface area contributed by atoms with Crippen molar-refractivity contribution in [3.63, 3.8) is 0 Å². The summed E-state index contributed by atoms with van der Waals surface area (Å²) in [7, 11) is 1.56. The van der Waals surface area contributed by atoms with Crippen LogP contribution in [0.15, 0.2) is 18.2 Å². The van der Waals surface area contributed by atoms with Crippen LogP contribution in [-0.4, -0.2) is 54.8 Å². The fourth-order valence-electron chi connectivity index (χ4n) is 5.11. The normalized spacial score (nSPS) is 29.5. The van der Waals surface area contributed by atoms with Crippen LogP contribution >= 0.6 is 0 Å². The molecule has 1 aromatic rings. The van der Waals surface area contributed by atoms with Gasteiger partial charge in [0, 0.05) is 44.0 Å². The number of primary amides is 1. The maximum absolute atomic E-state index is 13.4. The summed E-state index contributed by atoms with van der Waals surface area (Å²) in [6.07, 6.45) is 0.851. The van der Waals surface area contributed by atoms with E-state index in [2.05, 4.69) is 10.6 Å². The summed E-state index contributed by atoms with van der Waals surface area (Å²) in [5.74, 6) is -3.10. The number of benzene rings is 1. The lowest BCUT2D eigenvalue weighted by Crippen LogP contribution is -2.53. The molecule has 4 rings (SSSR count). The van der Waals surface area contributed by atoms with Gasteiger partial charge < -0.3 is 15.8 Å². The number of hydrogen-bond acceptors (Lipinski definition) is 6. The highest BCUT2D eigenvalue weighted by atomic mass is 16.5. The number of aryl methyl sites for hydroxylation is 1. The first kappa shape index (κ1) is 20.5. The summed E-state index contributed by atoms with van der Waals surface area (Å²) in [6.45, 7) is 2.56. The number of nitrogens with two attached hydrogens (primary N) is 1. The van der Waals surface area contributed by atoms with E-state index in [-0.39, 0.29) is 37.1 Å². The lowest BCUT2D eigenvalue weighted by molar-refractivity contribution is -0.143. The number of imide groups is 1. The Bertz CT molecular complexity index is 932. The second-order valence-corrected chi connectivity index (χ2v) is 8.24. The molecule has 0 saturated carbocycles. The first-order valence-corrected chi connectivity index (χ1v) is 10.1. The first-order valence-electron chi connectivity index (χ1n) is 10.1. The molecule has 0 bridgehead atoms. The minimum Gasteiger partial charge on any atom is -0.385 e. The van der Waals surface area contributed by atoms with Crippen molar-refractivity contribution in [3.05, 3.63) is 29.3 Å². The molecule has 4 amide bonds. The number of nitrogens with zero attached hydrogens (tertiary/aromatic N) is 1. The molecule has 3 heterocycles. The van der Waals surface area contributed by atoms with E-state index >= 15 is 0 Å². The fourth-order valence-corrected chi connectivity index (χ4v) is 5.11. The Morgan fingerprint density at radius 3 is 2.73 bits per heavy atom. The summed E-state index contributed by atoms with van der Waals surface area (Å²) < 4.78 is 5.05. The van der Waals surface area contributed by atoms with Crippen LogP contribution in [0.2, 0.25) is 0 Å². The summed E-state index contributed by atoms with van der Waals surface area (Å²) in [4.78, 5) is 52.6. The van der Waals surface area contributed by atoms with Crippen LogP contribution in [0.4, 0.5) is 5.69 Å². The van der Waals surface area contributed by atoms with Crippen LogP contribution in [0.1, 0.15) is 30.4 Å². The number of fused-ring (bicyclic) bond motifs is 4. The van der Waals surface area contributed by atoms with Gasteiger partial charge in [0.15, 0.2) is 0 Å². The molecule has 1 spiro atoms. The van der Waals surface area contributed by atoms with E-state index < -0.39 is 29.3 Å². The quantitative estimate of drug-likeness (QED) is 0.426. The topological polar surface area (TPSA) is 131 Å². The van der Waals surface area contributed by atoms with Crippen LogP contribution in [0.25, 0.3) is 0 Å². The molecule has 1 aromatic carbocycles. The molecule has 4 N–H and O–H groups in total. The lowest BCUT2D eigenvalue weighted by Gasteiger charge is -2.29. The van der Waals surface area contributed by atoms with Gasteiger partial charge in [0.25, 0.3) is 0 Å². The van der Waals surface area contributed by atoms with Crippen molar-refractivity contribution < 1.29 is 23.9 Å². The highest BCUT2D eigenvalue weighted by Gasteiger charge is 2.70. The zero-order valence-electron chi connectivity index (χ0n) is 17.1. The molecular weight excluding hydrogens is 388 g/mol. The molecule has 0 radical (unpaired) electrons. The van der Waals surface area contributed by atoms with Crippen molar-refractivity contribution in [2.24, 2.45) is 17.6 Å². The molecule has 3 aliphatic rings. The number of carbonyl (C=O) groups is 4. The minimum atomic E-state index is -1.34. The van der Waals surface area contributed by atoms with E-state index in [1.165, 1.54) is 4.90 Å². The van der Waals surface area contributed by atoms with Gasteiger partial charge in [-0.05, 0) is 25.8 Å². The van der Waals surface area contributed by atoms with Crippen LogP contribution in [-0.2, 0) is 29.5 Å². The highest BCUT2D eigenvalue weighted by Crippen LogP contribution is 2.53. The Labute approximate surface area is 174 Å². The van der Waals surface area contributed by atoms with Crippen LogP contribution < -0.4 is 16.4 Å². The molecule has 3 aliphatic heterocycles. The Morgan fingerprint density at radius 2 is 2.03 bits per heavy atom. The molecule has 160 valence electrons. The maximum atomic E-state index is 13.4. The number of carbonyl (C=O) groups excluding carboxylic acids is 4.